The second-order valence-electron chi connectivity index (χ2n) is 3.43. The van der Waals surface area contributed by atoms with E-state index in [4.69, 9.17) is 10.5 Å². The molecular weight excluding hydrogens is 196 g/mol. The number of hydrogen-bond donors (Lipinski definition) is 2. The molecule has 0 radical (unpaired) electrons. The maximum Gasteiger partial charge on any atom is 0.313 e. The summed E-state index contributed by atoms with van der Waals surface area (Å²) in [5.41, 5.74) is 4.33. The molecule has 0 saturated carbocycles. The molecule has 0 heterocycles. The van der Waals surface area contributed by atoms with Crippen LogP contribution in [-0.4, -0.2) is 25.2 Å². The van der Waals surface area contributed by atoms with Crippen molar-refractivity contribution in [1.82, 2.24) is 5.32 Å². The molecule has 2 amide bonds. The number of carbonyl (C=O) groups is 2. The maximum atomic E-state index is 11.7. The van der Waals surface area contributed by atoms with Gasteiger partial charge in [-0.05, 0) is 19.8 Å². The summed E-state index contributed by atoms with van der Waals surface area (Å²) < 4.78 is 4.99. The van der Waals surface area contributed by atoms with Crippen molar-refractivity contribution in [1.29, 1.82) is 0 Å². The van der Waals surface area contributed by atoms with Gasteiger partial charge in [0.15, 0.2) is 0 Å². The number of ether oxygens (including phenoxy) is 1. The van der Waals surface area contributed by atoms with E-state index in [0.717, 1.165) is 0 Å². The third-order valence-electron chi connectivity index (χ3n) is 2.66. The molecule has 3 N–H and O–H groups in total. The SMILES string of the molecule is CCOC(=O)C(CC)(CC)CNC(N)=O. The van der Waals surface area contributed by atoms with Crippen LogP contribution in [0.2, 0.25) is 0 Å². The molecule has 0 aliphatic rings. The predicted molar refractivity (Wildman–Crippen MR) is 57.2 cm³/mol. The summed E-state index contributed by atoms with van der Waals surface area (Å²) in [5, 5.41) is 2.47. The van der Waals surface area contributed by atoms with Crippen LogP contribution < -0.4 is 11.1 Å². The monoisotopic (exact) mass is 216 g/mol. The summed E-state index contributed by atoms with van der Waals surface area (Å²) in [5.74, 6) is -0.274. The summed E-state index contributed by atoms with van der Waals surface area (Å²) in [4.78, 5) is 22.3. The normalized spacial score (nSPS) is 10.9. The molecule has 0 atom stereocenters. The van der Waals surface area contributed by atoms with Crippen LogP contribution in [0.15, 0.2) is 0 Å². The number of hydrogen-bond acceptors (Lipinski definition) is 3. The van der Waals surface area contributed by atoms with Crippen LogP contribution in [0, 0.1) is 5.41 Å². The summed E-state index contributed by atoms with van der Waals surface area (Å²) in [6.07, 6.45) is 1.23. The number of carbonyl (C=O) groups excluding carboxylic acids is 2. The van der Waals surface area contributed by atoms with Gasteiger partial charge in [-0.3, -0.25) is 4.79 Å². The lowest BCUT2D eigenvalue weighted by Gasteiger charge is -2.28. The van der Waals surface area contributed by atoms with Gasteiger partial charge in [0.1, 0.15) is 0 Å². The smallest absolute Gasteiger partial charge is 0.313 e. The van der Waals surface area contributed by atoms with Gasteiger partial charge in [-0.15, -0.1) is 0 Å². The average Bonchev–Trinajstić information content (AvgIpc) is 2.20. The second-order valence-corrected chi connectivity index (χ2v) is 3.43. The van der Waals surface area contributed by atoms with E-state index in [2.05, 4.69) is 5.32 Å². The van der Waals surface area contributed by atoms with Crippen molar-refractivity contribution < 1.29 is 14.3 Å². The van der Waals surface area contributed by atoms with Gasteiger partial charge in [-0.25, -0.2) is 4.79 Å². The van der Waals surface area contributed by atoms with Crippen molar-refractivity contribution in [2.24, 2.45) is 11.1 Å². The van der Waals surface area contributed by atoms with E-state index >= 15 is 0 Å². The fourth-order valence-electron chi connectivity index (χ4n) is 1.40. The molecule has 0 fully saturated rings. The van der Waals surface area contributed by atoms with Crippen molar-refractivity contribution in [3.8, 4) is 0 Å². The van der Waals surface area contributed by atoms with Gasteiger partial charge in [0.2, 0.25) is 0 Å². The molecule has 0 aliphatic heterocycles. The zero-order valence-corrected chi connectivity index (χ0v) is 9.63. The standard InChI is InChI=1S/C10H20N2O3/c1-4-10(5-2,7-12-9(11)14)8(13)15-6-3/h4-7H2,1-3H3,(H3,11,12,14). The number of esters is 1. The van der Waals surface area contributed by atoms with Crippen LogP contribution in [-0.2, 0) is 9.53 Å². The Kier molecular flexibility index (Phi) is 5.74. The molecule has 5 heteroatoms. The minimum atomic E-state index is -0.648. The largest absolute Gasteiger partial charge is 0.466 e. The third-order valence-corrected chi connectivity index (χ3v) is 2.66. The first-order chi connectivity index (χ1) is 7.02. The Bertz CT molecular complexity index is 225. The van der Waals surface area contributed by atoms with E-state index in [1.54, 1.807) is 6.92 Å². The minimum Gasteiger partial charge on any atom is -0.466 e. The molecule has 0 spiro atoms. The van der Waals surface area contributed by atoms with Gasteiger partial charge < -0.3 is 15.8 Å². The van der Waals surface area contributed by atoms with Gasteiger partial charge in [-0.2, -0.15) is 0 Å². The highest BCUT2D eigenvalue weighted by Crippen LogP contribution is 2.27. The average molecular weight is 216 g/mol. The molecule has 15 heavy (non-hydrogen) atoms. The van der Waals surface area contributed by atoms with Crippen LogP contribution in [0.5, 0.6) is 0 Å². The number of nitrogens with two attached hydrogens (primary N) is 1. The fourth-order valence-corrected chi connectivity index (χ4v) is 1.40. The van der Waals surface area contributed by atoms with Crippen LogP contribution in [0.3, 0.4) is 0 Å². The van der Waals surface area contributed by atoms with Gasteiger partial charge in [0.05, 0.1) is 12.0 Å². The predicted octanol–water partition coefficient (Wildman–Crippen LogP) is 1.02. The van der Waals surface area contributed by atoms with E-state index in [0.29, 0.717) is 19.4 Å². The topological polar surface area (TPSA) is 81.4 Å². The Balaban J connectivity index is 4.55. The highest BCUT2D eigenvalue weighted by molar-refractivity contribution is 5.78. The zero-order valence-electron chi connectivity index (χ0n) is 9.63. The van der Waals surface area contributed by atoms with E-state index in [9.17, 15) is 9.59 Å². The Hall–Kier alpha value is -1.26. The first-order valence-electron chi connectivity index (χ1n) is 5.23. The van der Waals surface area contributed by atoms with Crippen LogP contribution in [0.25, 0.3) is 0 Å². The second kappa shape index (κ2) is 6.27. The summed E-state index contributed by atoms with van der Waals surface area (Å²) in [6, 6.07) is -0.620. The fraction of sp³-hybridized carbons (Fsp3) is 0.800. The van der Waals surface area contributed by atoms with E-state index in [1.165, 1.54) is 0 Å². The van der Waals surface area contributed by atoms with Gasteiger partial charge in [0.25, 0.3) is 0 Å². The lowest BCUT2D eigenvalue weighted by Crippen LogP contribution is -2.45. The van der Waals surface area contributed by atoms with Crippen LogP contribution >= 0.6 is 0 Å². The van der Waals surface area contributed by atoms with Gasteiger partial charge in [0, 0.05) is 6.54 Å². The van der Waals surface area contributed by atoms with E-state index in [1.807, 2.05) is 13.8 Å². The highest BCUT2D eigenvalue weighted by Gasteiger charge is 2.36. The number of rotatable bonds is 6. The van der Waals surface area contributed by atoms with Crippen molar-refractivity contribution in [3.05, 3.63) is 0 Å². The third kappa shape index (κ3) is 3.77. The zero-order chi connectivity index (χ0) is 11.9. The first kappa shape index (κ1) is 13.7. The minimum absolute atomic E-state index is 0.230. The van der Waals surface area contributed by atoms with Gasteiger partial charge >= 0.3 is 12.0 Å². The molecule has 0 saturated heterocycles. The van der Waals surface area contributed by atoms with Crippen molar-refractivity contribution in [3.63, 3.8) is 0 Å². The molecular formula is C10H20N2O3. The number of primary amides is 1. The molecule has 0 aromatic rings. The maximum absolute atomic E-state index is 11.7. The molecule has 0 rings (SSSR count). The molecule has 5 nitrogen and oxygen atoms in total. The van der Waals surface area contributed by atoms with E-state index < -0.39 is 11.4 Å². The Morgan fingerprint density at radius 3 is 2.13 bits per heavy atom. The Labute approximate surface area is 90.4 Å². The number of nitrogens with one attached hydrogen (secondary N) is 1. The van der Waals surface area contributed by atoms with Crippen LogP contribution in [0.4, 0.5) is 4.79 Å². The molecule has 0 aliphatic carbocycles. The lowest BCUT2D eigenvalue weighted by molar-refractivity contribution is -0.155. The van der Waals surface area contributed by atoms with Gasteiger partial charge in [-0.1, -0.05) is 13.8 Å². The molecule has 0 bridgehead atoms. The van der Waals surface area contributed by atoms with Crippen molar-refractivity contribution >= 4 is 12.0 Å². The number of urea groups is 1. The summed E-state index contributed by atoms with van der Waals surface area (Å²) in [6.45, 7) is 6.12. The first-order valence-corrected chi connectivity index (χ1v) is 5.23. The quantitative estimate of drug-likeness (QED) is 0.650. The molecule has 88 valence electrons. The summed E-state index contributed by atoms with van der Waals surface area (Å²) >= 11 is 0. The van der Waals surface area contributed by atoms with Crippen molar-refractivity contribution in [2.45, 2.75) is 33.6 Å². The Morgan fingerprint density at radius 2 is 1.80 bits per heavy atom. The highest BCUT2D eigenvalue weighted by atomic mass is 16.5. The summed E-state index contributed by atoms with van der Waals surface area (Å²) in [7, 11) is 0. The van der Waals surface area contributed by atoms with Crippen molar-refractivity contribution in [2.75, 3.05) is 13.2 Å². The van der Waals surface area contributed by atoms with E-state index in [-0.39, 0.29) is 12.5 Å². The lowest BCUT2D eigenvalue weighted by atomic mass is 9.82. The van der Waals surface area contributed by atoms with Crippen LogP contribution in [0.1, 0.15) is 33.6 Å². The number of amides is 2. The molecule has 0 unspecified atom stereocenters. The Morgan fingerprint density at radius 1 is 1.27 bits per heavy atom. The molecule has 0 aromatic heterocycles. The molecule has 0 aromatic carbocycles.